The van der Waals surface area contributed by atoms with Gasteiger partial charge < -0.3 is 25.9 Å². The third-order valence-electron chi connectivity index (χ3n) is 8.44. The van der Waals surface area contributed by atoms with Crippen LogP contribution >= 0.6 is 11.8 Å². The van der Waals surface area contributed by atoms with Gasteiger partial charge in [-0.1, -0.05) is 52.4 Å². The van der Waals surface area contributed by atoms with Crippen LogP contribution in [0.1, 0.15) is 104 Å². The molecule has 5 atom stereocenters. The fourth-order valence-corrected chi connectivity index (χ4v) is 8.23. The van der Waals surface area contributed by atoms with E-state index in [0.29, 0.717) is 76.5 Å². The van der Waals surface area contributed by atoms with Crippen LogP contribution < -0.4 is 21.4 Å². The fraction of sp³-hybridized carbons (Fsp3) is 0.821. The highest BCUT2D eigenvalue weighted by Gasteiger charge is 2.67. The average Bonchev–Trinajstić information content (AvgIpc) is 3.48. The molecule has 0 aromatic carbocycles. The molecule has 3 saturated heterocycles. The van der Waals surface area contributed by atoms with Gasteiger partial charge in [-0.3, -0.25) is 19.2 Å². The van der Waals surface area contributed by atoms with Crippen LogP contribution in [0.5, 0.6) is 0 Å². The van der Waals surface area contributed by atoms with Gasteiger partial charge in [0.15, 0.2) is 5.78 Å². The van der Waals surface area contributed by atoms with Gasteiger partial charge in [0.25, 0.3) is 0 Å². The molecule has 3 aliphatic heterocycles. The van der Waals surface area contributed by atoms with Crippen molar-refractivity contribution in [3.63, 3.8) is 0 Å². The molecule has 3 rings (SSSR count). The van der Waals surface area contributed by atoms with E-state index < -0.39 is 28.1 Å². The molecular weight excluding hydrogens is 536 g/mol. The Balaban J connectivity index is 1.96. The largest absolute Gasteiger partial charge is 0.481 e. The normalized spacial score (nSPS) is 28.9. The number of hydrogen-bond acceptors (Lipinski definition) is 8. The van der Waals surface area contributed by atoms with Crippen LogP contribution in [-0.4, -0.2) is 69.4 Å². The number of carbonyl (C=O) groups excluding carboxylic acids is 4. The predicted molar refractivity (Wildman–Crippen MR) is 152 cm³/mol. The van der Waals surface area contributed by atoms with Crippen LogP contribution in [0.3, 0.4) is 0 Å². The van der Waals surface area contributed by atoms with Gasteiger partial charge in [0.1, 0.15) is 5.54 Å². The summed E-state index contributed by atoms with van der Waals surface area (Å²) in [6.07, 6.45) is 7.69. The minimum atomic E-state index is -1.37. The summed E-state index contributed by atoms with van der Waals surface area (Å²) in [7, 11) is 0. The number of nitrogens with one attached hydrogen (secondary N) is 4. The summed E-state index contributed by atoms with van der Waals surface area (Å²) in [5, 5.41) is 17.8. The van der Waals surface area contributed by atoms with Crippen molar-refractivity contribution in [3.8, 4) is 0 Å². The van der Waals surface area contributed by atoms with Gasteiger partial charge in [-0.15, -0.1) is 17.2 Å². The molecule has 3 fully saturated rings. The number of Topliss-reactive ketones (excluding diaryl/α,β-unsaturated/α-hetero) is 1. The van der Waals surface area contributed by atoms with Crippen molar-refractivity contribution in [2.45, 2.75) is 126 Å². The molecule has 1 spiro atoms. The second-order valence-corrected chi connectivity index (χ2v) is 12.6. The molecule has 12 heteroatoms. The Kier molecular flexibility index (Phi) is 12.1. The summed E-state index contributed by atoms with van der Waals surface area (Å²) in [4.78, 5) is 69.9. The van der Waals surface area contributed by atoms with Crippen molar-refractivity contribution in [1.29, 1.82) is 0 Å². The van der Waals surface area contributed by atoms with Gasteiger partial charge in [-0.25, -0.2) is 4.79 Å². The van der Waals surface area contributed by atoms with Crippen molar-refractivity contribution in [2.75, 3.05) is 12.3 Å². The number of thioether (sulfide) groups is 1. The number of fused-ring (bicyclic) bond motifs is 2. The first-order chi connectivity index (χ1) is 19.2. The van der Waals surface area contributed by atoms with E-state index in [-0.39, 0.29) is 42.6 Å². The summed E-state index contributed by atoms with van der Waals surface area (Å²) in [5.41, 5.74) is 1.62. The summed E-state index contributed by atoms with van der Waals surface area (Å²) in [6.45, 7) is 4.39. The van der Waals surface area contributed by atoms with Crippen molar-refractivity contribution >= 4 is 41.4 Å². The molecule has 40 heavy (non-hydrogen) atoms. The van der Waals surface area contributed by atoms with Gasteiger partial charge in [-0.2, -0.15) is 0 Å². The van der Waals surface area contributed by atoms with Gasteiger partial charge in [0.2, 0.25) is 5.91 Å². The summed E-state index contributed by atoms with van der Waals surface area (Å²) < 4.78 is -0.810. The number of carbonyl (C=O) groups is 5. The van der Waals surface area contributed by atoms with Crippen molar-refractivity contribution in [3.05, 3.63) is 0 Å². The number of carboxylic acid groups (broad SMARTS) is 1. The number of hydrogen-bond donors (Lipinski definition) is 5. The molecule has 2 unspecified atom stereocenters. The Bertz CT molecular complexity index is 934. The van der Waals surface area contributed by atoms with Gasteiger partial charge in [-0.05, 0) is 38.5 Å². The highest BCUT2D eigenvalue weighted by molar-refractivity contribution is 8.01. The number of unbranched alkanes of at least 4 members (excludes halogenated alkanes) is 4. The molecule has 0 aromatic rings. The lowest BCUT2D eigenvalue weighted by Gasteiger charge is -2.50. The maximum absolute atomic E-state index is 14.9. The van der Waals surface area contributed by atoms with Gasteiger partial charge >= 0.3 is 18.0 Å². The van der Waals surface area contributed by atoms with Crippen LogP contribution in [0.2, 0.25) is 0 Å². The van der Waals surface area contributed by atoms with E-state index in [1.807, 2.05) is 13.8 Å². The molecule has 3 aliphatic rings. The smallest absolute Gasteiger partial charge is 0.324 e. The Morgan fingerprint density at radius 3 is 2.58 bits per heavy atom. The zero-order valence-electron chi connectivity index (χ0n) is 23.9. The summed E-state index contributed by atoms with van der Waals surface area (Å²) >= 11 is 1.63. The Hall–Kier alpha value is -2.34. The average molecular weight is 583 g/mol. The van der Waals surface area contributed by atoms with E-state index in [2.05, 4.69) is 21.4 Å². The molecule has 3 heterocycles. The number of carboxylic acids is 1. The topological polar surface area (TPSA) is 163 Å². The molecule has 0 aromatic heterocycles. The molecule has 0 aliphatic carbocycles. The quantitative estimate of drug-likeness (QED) is 0.111. The minimum absolute atomic E-state index is 0.0865. The van der Waals surface area contributed by atoms with Crippen molar-refractivity contribution in [2.24, 2.45) is 5.92 Å². The molecule has 226 valence electrons. The summed E-state index contributed by atoms with van der Waals surface area (Å²) in [6, 6.07) is -0.802. The fourth-order valence-electron chi connectivity index (χ4n) is 6.30. The molecule has 0 saturated carbocycles. The van der Waals surface area contributed by atoms with Gasteiger partial charge in [0.05, 0.1) is 22.7 Å². The lowest BCUT2D eigenvalue weighted by molar-refractivity contribution is -0.162. The number of aliphatic carboxylic acids is 1. The lowest BCUT2D eigenvalue weighted by atomic mass is 9.66. The summed E-state index contributed by atoms with van der Waals surface area (Å²) in [5.74, 6) is -2.27. The molecule has 5 N–H and O–H groups in total. The Morgan fingerprint density at radius 1 is 1.07 bits per heavy atom. The minimum Gasteiger partial charge on any atom is -0.481 e. The van der Waals surface area contributed by atoms with E-state index in [0.717, 1.165) is 12.8 Å². The van der Waals surface area contributed by atoms with Crippen LogP contribution in [-0.2, 0) is 24.0 Å². The van der Waals surface area contributed by atoms with Crippen LogP contribution in [0.4, 0.5) is 4.79 Å². The monoisotopic (exact) mass is 582 g/mol. The second-order valence-electron chi connectivity index (χ2n) is 11.2. The highest BCUT2D eigenvalue weighted by atomic mass is 32.2. The second kappa shape index (κ2) is 15.0. The lowest BCUT2D eigenvalue weighted by Crippen LogP contribution is -2.73. The maximum atomic E-state index is 14.9. The predicted octanol–water partition coefficient (Wildman–Crippen LogP) is 3.21. The number of urea groups is 1. The molecule has 0 radical (unpaired) electrons. The molecule has 0 bridgehead atoms. The van der Waals surface area contributed by atoms with Crippen LogP contribution in [0.25, 0.3) is 0 Å². The van der Waals surface area contributed by atoms with Crippen LogP contribution in [0.15, 0.2) is 0 Å². The third-order valence-corrected chi connectivity index (χ3v) is 10.3. The number of ketones is 1. The Morgan fingerprint density at radius 2 is 1.85 bits per heavy atom. The van der Waals surface area contributed by atoms with Gasteiger partial charge in [0, 0.05) is 25.1 Å². The molecular formula is C28H46N4O7S. The Labute approximate surface area is 241 Å². The number of hydroxylamine groups is 1. The standard InChI is InChI=1S/C28H46N4O7S/c1-3-5-12-19(25(37)29-17-11-7-8-13-21(33)34)24(36)27(15-6-4-2)28(16-10-9-14-22(35)39-32-27)23-20(18-40-28)30-26(38)31-23/h19-20,23,32H,3-18H2,1-2H3,(H,29,37)(H,33,34)(H2,30,31,38)/t19?,20-,23-,27?,28-/m1/s1. The van der Waals surface area contributed by atoms with E-state index in [9.17, 15) is 24.0 Å². The first kappa shape index (κ1) is 32.2. The first-order valence-electron chi connectivity index (χ1n) is 14.9. The first-order valence-corrected chi connectivity index (χ1v) is 15.9. The third kappa shape index (κ3) is 7.29. The van der Waals surface area contributed by atoms with E-state index in [1.165, 1.54) is 0 Å². The molecule has 11 nitrogen and oxygen atoms in total. The van der Waals surface area contributed by atoms with Crippen LogP contribution in [0, 0.1) is 5.92 Å². The number of rotatable bonds is 15. The number of amides is 3. The van der Waals surface area contributed by atoms with Crippen molar-refractivity contribution in [1.82, 2.24) is 21.4 Å². The van der Waals surface area contributed by atoms with Crippen molar-refractivity contribution < 1.29 is 33.9 Å². The van der Waals surface area contributed by atoms with E-state index >= 15 is 0 Å². The maximum Gasteiger partial charge on any atom is 0.324 e. The highest BCUT2D eigenvalue weighted by Crippen LogP contribution is 2.54. The van der Waals surface area contributed by atoms with E-state index in [1.54, 1.807) is 11.8 Å². The SMILES string of the molecule is CCCCC(C(=O)NCCCCCC(=O)O)C(=O)C1(CCCC)NOC(=O)CCCC[C@]12SC[C@H]1NC(=O)N[C@H]12. The zero-order chi connectivity index (χ0) is 29.2. The van der Waals surface area contributed by atoms with E-state index in [4.69, 9.17) is 9.94 Å². The molecule has 3 amide bonds. The zero-order valence-corrected chi connectivity index (χ0v) is 24.7.